The Kier molecular flexibility index (Phi) is 4.49. The first kappa shape index (κ1) is 16.4. The Morgan fingerprint density at radius 2 is 1.92 bits per heavy atom. The second-order valence-electron chi connectivity index (χ2n) is 5.50. The van der Waals surface area contributed by atoms with Gasteiger partial charge in [0.25, 0.3) is 0 Å². The summed E-state index contributed by atoms with van der Waals surface area (Å²) in [6, 6.07) is 14.5. The molecule has 3 rings (SSSR count). The van der Waals surface area contributed by atoms with Crippen LogP contribution in [-0.4, -0.2) is 23.2 Å². The van der Waals surface area contributed by atoms with Crippen molar-refractivity contribution in [2.45, 2.75) is 23.5 Å². The molecule has 2 aromatic carbocycles. The molecule has 1 aliphatic heterocycles. The van der Waals surface area contributed by atoms with Gasteiger partial charge >= 0.3 is 0 Å². The van der Waals surface area contributed by atoms with Gasteiger partial charge in [-0.3, -0.25) is 9.59 Å². The fraction of sp³-hybridized carbons (Fsp3) is 0.222. The monoisotopic (exact) mass is 342 g/mol. The summed E-state index contributed by atoms with van der Waals surface area (Å²) in [5.74, 6) is 0.0544. The molecule has 1 heterocycles. The van der Waals surface area contributed by atoms with Gasteiger partial charge in [0.1, 0.15) is 5.75 Å². The van der Waals surface area contributed by atoms with Gasteiger partial charge in [0.15, 0.2) is 4.75 Å². The van der Waals surface area contributed by atoms with Gasteiger partial charge in [0, 0.05) is 10.6 Å². The third-order valence-electron chi connectivity index (χ3n) is 3.74. The number of fused-ring (bicyclic) bond motifs is 1. The zero-order chi connectivity index (χ0) is 17.2. The second kappa shape index (κ2) is 6.57. The summed E-state index contributed by atoms with van der Waals surface area (Å²) in [4.78, 5) is 26.0. The molecular formula is C18H18N2O3S. The molecule has 0 radical (unpaired) electrons. The Bertz CT molecular complexity index is 776. The van der Waals surface area contributed by atoms with E-state index in [-0.39, 0.29) is 11.8 Å². The Labute approximate surface area is 144 Å². The summed E-state index contributed by atoms with van der Waals surface area (Å²) in [6.45, 7) is 4.13. The molecule has 0 fully saturated rings. The molecule has 1 atom stereocenters. The summed E-state index contributed by atoms with van der Waals surface area (Å²) in [5.41, 5.74) is 1.36. The molecule has 1 unspecified atom stereocenters. The van der Waals surface area contributed by atoms with Gasteiger partial charge in [0.2, 0.25) is 11.8 Å². The molecule has 0 bridgehead atoms. The quantitative estimate of drug-likeness (QED) is 0.834. The van der Waals surface area contributed by atoms with E-state index in [1.54, 1.807) is 31.2 Å². The molecule has 0 aromatic heterocycles. The lowest BCUT2D eigenvalue weighted by Crippen LogP contribution is -2.49. The lowest BCUT2D eigenvalue weighted by molar-refractivity contribution is -0.126. The number of para-hydroxylation sites is 1. The molecule has 6 heteroatoms. The van der Waals surface area contributed by atoms with E-state index in [1.807, 2.05) is 31.2 Å². The van der Waals surface area contributed by atoms with E-state index < -0.39 is 4.75 Å². The van der Waals surface area contributed by atoms with Crippen LogP contribution >= 0.6 is 11.8 Å². The third-order valence-corrected chi connectivity index (χ3v) is 5.09. The lowest BCUT2D eigenvalue weighted by Gasteiger charge is -2.31. The SMILES string of the molecule is CCOc1ccc(NC(=O)C2(C)Sc3ccccc3NC2=O)cc1. The molecule has 0 saturated carbocycles. The van der Waals surface area contributed by atoms with Crippen molar-refractivity contribution in [3.05, 3.63) is 48.5 Å². The highest BCUT2D eigenvalue weighted by molar-refractivity contribution is 8.02. The van der Waals surface area contributed by atoms with Gasteiger partial charge in [-0.25, -0.2) is 0 Å². The van der Waals surface area contributed by atoms with Crippen molar-refractivity contribution in [3.8, 4) is 5.75 Å². The standard InChI is InChI=1S/C18H18N2O3S/c1-3-23-13-10-8-12(9-11-13)19-16(21)18(2)17(22)20-14-6-4-5-7-15(14)24-18/h4-11H,3H2,1-2H3,(H,19,21)(H,20,22). The Morgan fingerprint density at radius 3 is 2.62 bits per heavy atom. The molecule has 0 aliphatic carbocycles. The van der Waals surface area contributed by atoms with Gasteiger partial charge in [-0.05, 0) is 50.2 Å². The summed E-state index contributed by atoms with van der Waals surface area (Å²) in [7, 11) is 0. The first-order valence-electron chi connectivity index (χ1n) is 7.67. The number of amides is 2. The molecule has 24 heavy (non-hydrogen) atoms. The summed E-state index contributed by atoms with van der Waals surface area (Å²) < 4.78 is 4.15. The van der Waals surface area contributed by atoms with Crippen LogP contribution in [0.2, 0.25) is 0 Å². The zero-order valence-electron chi connectivity index (χ0n) is 13.5. The van der Waals surface area contributed by atoms with E-state index in [9.17, 15) is 9.59 Å². The number of thioether (sulfide) groups is 1. The topological polar surface area (TPSA) is 67.4 Å². The minimum Gasteiger partial charge on any atom is -0.494 e. The average Bonchev–Trinajstić information content (AvgIpc) is 2.58. The minimum absolute atomic E-state index is 0.324. The van der Waals surface area contributed by atoms with Gasteiger partial charge in [0.05, 0.1) is 12.3 Å². The maximum absolute atomic E-state index is 12.7. The zero-order valence-corrected chi connectivity index (χ0v) is 14.3. The Morgan fingerprint density at radius 1 is 1.21 bits per heavy atom. The number of carbonyl (C=O) groups excluding carboxylic acids is 2. The number of carbonyl (C=O) groups is 2. The van der Waals surface area contributed by atoms with E-state index in [2.05, 4.69) is 10.6 Å². The van der Waals surface area contributed by atoms with Gasteiger partial charge in [-0.1, -0.05) is 23.9 Å². The molecule has 5 nitrogen and oxygen atoms in total. The predicted octanol–water partition coefficient (Wildman–Crippen LogP) is 3.53. The maximum Gasteiger partial charge on any atom is 0.250 e. The molecule has 124 valence electrons. The molecule has 0 spiro atoms. The Balaban J connectivity index is 1.77. The average molecular weight is 342 g/mol. The lowest BCUT2D eigenvalue weighted by atomic mass is 10.1. The Hall–Kier alpha value is -2.47. The molecule has 2 aromatic rings. The minimum atomic E-state index is -1.23. The fourth-order valence-corrected chi connectivity index (χ4v) is 3.47. The number of anilines is 2. The number of rotatable bonds is 4. The van der Waals surface area contributed by atoms with Crippen LogP contribution in [0.5, 0.6) is 5.75 Å². The molecule has 2 N–H and O–H groups in total. The normalized spacial score (nSPS) is 19.2. The van der Waals surface area contributed by atoms with Crippen LogP contribution in [0, 0.1) is 0 Å². The van der Waals surface area contributed by atoms with Gasteiger partial charge in [-0.2, -0.15) is 0 Å². The van der Waals surface area contributed by atoms with E-state index in [4.69, 9.17) is 4.74 Å². The van der Waals surface area contributed by atoms with Crippen molar-refractivity contribution in [1.29, 1.82) is 0 Å². The van der Waals surface area contributed by atoms with Crippen LogP contribution in [0.4, 0.5) is 11.4 Å². The number of ether oxygens (including phenoxy) is 1. The van der Waals surface area contributed by atoms with E-state index in [1.165, 1.54) is 11.8 Å². The second-order valence-corrected chi connectivity index (χ2v) is 6.96. The fourth-order valence-electron chi connectivity index (χ4n) is 2.37. The van der Waals surface area contributed by atoms with E-state index in [0.29, 0.717) is 12.3 Å². The van der Waals surface area contributed by atoms with Gasteiger partial charge < -0.3 is 15.4 Å². The van der Waals surface area contributed by atoms with Crippen LogP contribution < -0.4 is 15.4 Å². The third kappa shape index (κ3) is 3.10. The van der Waals surface area contributed by atoms with Crippen molar-refractivity contribution in [3.63, 3.8) is 0 Å². The summed E-state index contributed by atoms with van der Waals surface area (Å²) >= 11 is 1.26. The van der Waals surface area contributed by atoms with Crippen LogP contribution in [0.15, 0.2) is 53.4 Å². The first-order chi connectivity index (χ1) is 11.5. The van der Waals surface area contributed by atoms with E-state index in [0.717, 1.165) is 16.3 Å². The van der Waals surface area contributed by atoms with E-state index >= 15 is 0 Å². The molecular weight excluding hydrogens is 324 g/mol. The van der Waals surface area contributed by atoms with Crippen molar-refractivity contribution in [2.24, 2.45) is 0 Å². The number of hydrogen-bond acceptors (Lipinski definition) is 4. The van der Waals surface area contributed by atoms with Crippen LogP contribution in [-0.2, 0) is 9.59 Å². The molecule has 1 aliphatic rings. The number of nitrogens with one attached hydrogen (secondary N) is 2. The predicted molar refractivity (Wildman–Crippen MR) is 95.6 cm³/mol. The maximum atomic E-state index is 12.7. The number of hydrogen-bond donors (Lipinski definition) is 2. The van der Waals surface area contributed by atoms with Gasteiger partial charge in [-0.15, -0.1) is 0 Å². The largest absolute Gasteiger partial charge is 0.494 e. The van der Waals surface area contributed by atoms with Crippen molar-refractivity contribution in [2.75, 3.05) is 17.2 Å². The molecule has 0 saturated heterocycles. The van der Waals surface area contributed by atoms with Crippen molar-refractivity contribution >= 4 is 35.0 Å². The highest BCUT2D eigenvalue weighted by Crippen LogP contribution is 2.42. The van der Waals surface area contributed by atoms with Crippen molar-refractivity contribution < 1.29 is 14.3 Å². The van der Waals surface area contributed by atoms with Crippen LogP contribution in [0.1, 0.15) is 13.8 Å². The smallest absolute Gasteiger partial charge is 0.250 e. The highest BCUT2D eigenvalue weighted by Gasteiger charge is 2.45. The summed E-state index contributed by atoms with van der Waals surface area (Å²) in [5, 5.41) is 5.61. The number of benzene rings is 2. The van der Waals surface area contributed by atoms with Crippen LogP contribution in [0.3, 0.4) is 0 Å². The molecule has 2 amide bonds. The highest BCUT2D eigenvalue weighted by atomic mass is 32.2. The first-order valence-corrected chi connectivity index (χ1v) is 8.48. The van der Waals surface area contributed by atoms with Crippen LogP contribution in [0.25, 0.3) is 0 Å². The summed E-state index contributed by atoms with van der Waals surface area (Å²) in [6.07, 6.45) is 0. The van der Waals surface area contributed by atoms with Crippen molar-refractivity contribution in [1.82, 2.24) is 0 Å².